The van der Waals surface area contributed by atoms with Gasteiger partial charge in [-0.2, -0.15) is 0 Å². The molecule has 21 heavy (non-hydrogen) atoms. The number of hydrogen-bond donors (Lipinski definition) is 1. The minimum absolute atomic E-state index is 0.0701. The molecule has 0 spiro atoms. The third kappa shape index (κ3) is 4.16. The van der Waals surface area contributed by atoms with Gasteiger partial charge in [-0.3, -0.25) is 0 Å². The Bertz CT molecular complexity index is 632. The number of halogens is 4. The molecule has 0 aliphatic heterocycles. The van der Waals surface area contributed by atoms with Gasteiger partial charge in [0, 0.05) is 11.1 Å². The monoisotopic (exact) mass is 329 g/mol. The summed E-state index contributed by atoms with van der Waals surface area (Å²) in [4.78, 5) is 0. The highest BCUT2D eigenvalue weighted by molar-refractivity contribution is 6.31. The van der Waals surface area contributed by atoms with Gasteiger partial charge in [0.2, 0.25) is 0 Å². The smallest absolute Gasteiger partial charge is 0.141 e. The van der Waals surface area contributed by atoms with Crippen molar-refractivity contribution in [1.29, 1.82) is 0 Å². The van der Waals surface area contributed by atoms with E-state index >= 15 is 0 Å². The van der Waals surface area contributed by atoms with E-state index in [-0.39, 0.29) is 16.9 Å². The van der Waals surface area contributed by atoms with Crippen molar-refractivity contribution in [3.8, 4) is 0 Å². The molecule has 0 aliphatic carbocycles. The van der Waals surface area contributed by atoms with Crippen molar-refractivity contribution in [1.82, 2.24) is 5.32 Å². The first kappa shape index (κ1) is 16.2. The fourth-order valence-electron chi connectivity index (χ4n) is 2.20. The van der Waals surface area contributed by atoms with E-state index in [0.29, 0.717) is 23.6 Å². The summed E-state index contributed by atoms with van der Waals surface area (Å²) in [6.07, 6.45) is 0.492. The van der Waals surface area contributed by atoms with Crippen molar-refractivity contribution in [2.75, 3.05) is 6.54 Å². The maximum absolute atomic E-state index is 13.4. The largest absolute Gasteiger partial charge is 0.310 e. The first-order valence-electron chi connectivity index (χ1n) is 6.63. The lowest BCUT2D eigenvalue weighted by Gasteiger charge is -2.19. The summed E-state index contributed by atoms with van der Waals surface area (Å²) in [5, 5.41) is 3.86. The van der Waals surface area contributed by atoms with Crippen molar-refractivity contribution in [2.45, 2.75) is 19.4 Å². The van der Waals surface area contributed by atoms with E-state index in [2.05, 4.69) is 5.32 Å². The molecule has 2 rings (SSSR count). The molecule has 0 amide bonds. The third-order valence-corrected chi connectivity index (χ3v) is 3.89. The van der Waals surface area contributed by atoms with Crippen LogP contribution in [0.2, 0.25) is 10.0 Å². The molecule has 0 radical (unpaired) electrons. The van der Waals surface area contributed by atoms with Crippen LogP contribution in [-0.2, 0) is 6.42 Å². The first-order valence-corrected chi connectivity index (χ1v) is 7.39. The average Bonchev–Trinajstić information content (AvgIpc) is 2.45. The zero-order valence-corrected chi connectivity index (χ0v) is 13.0. The molecule has 0 saturated heterocycles. The Morgan fingerprint density at radius 3 is 2.48 bits per heavy atom. The molecule has 0 aromatic heterocycles. The van der Waals surface area contributed by atoms with Gasteiger partial charge in [0.15, 0.2) is 0 Å². The van der Waals surface area contributed by atoms with Gasteiger partial charge in [0.05, 0.1) is 5.02 Å². The van der Waals surface area contributed by atoms with Crippen LogP contribution in [-0.4, -0.2) is 6.54 Å². The summed E-state index contributed by atoms with van der Waals surface area (Å²) in [5.74, 6) is -0.791. The Labute approximate surface area is 132 Å². The van der Waals surface area contributed by atoms with Crippen LogP contribution >= 0.6 is 23.2 Å². The van der Waals surface area contributed by atoms with Crippen molar-refractivity contribution in [2.24, 2.45) is 0 Å². The van der Waals surface area contributed by atoms with Crippen molar-refractivity contribution < 1.29 is 8.78 Å². The predicted octanol–water partition coefficient (Wildman–Crippen LogP) is 5.16. The maximum atomic E-state index is 13.4. The Morgan fingerprint density at radius 1 is 1.05 bits per heavy atom. The Morgan fingerprint density at radius 2 is 1.81 bits per heavy atom. The molecule has 1 nitrogen and oxygen atoms in total. The van der Waals surface area contributed by atoms with E-state index < -0.39 is 5.82 Å². The van der Waals surface area contributed by atoms with E-state index in [1.165, 1.54) is 24.3 Å². The number of benzene rings is 2. The second-order valence-corrected chi connectivity index (χ2v) is 5.54. The molecule has 0 fully saturated rings. The fourth-order valence-corrected chi connectivity index (χ4v) is 2.59. The van der Waals surface area contributed by atoms with E-state index in [1.54, 1.807) is 12.1 Å². The highest BCUT2D eigenvalue weighted by Crippen LogP contribution is 2.27. The zero-order chi connectivity index (χ0) is 15.4. The quantitative estimate of drug-likeness (QED) is 0.798. The maximum Gasteiger partial charge on any atom is 0.141 e. The van der Waals surface area contributed by atoms with Crippen LogP contribution in [0.3, 0.4) is 0 Å². The molecule has 5 heteroatoms. The van der Waals surface area contributed by atoms with Crippen LogP contribution in [0.4, 0.5) is 8.78 Å². The van der Waals surface area contributed by atoms with Gasteiger partial charge in [-0.25, -0.2) is 8.78 Å². The van der Waals surface area contributed by atoms with E-state index in [9.17, 15) is 8.78 Å². The zero-order valence-electron chi connectivity index (χ0n) is 11.5. The summed E-state index contributed by atoms with van der Waals surface area (Å²) < 4.78 is 26.6. The molecule has 0 heterocycles. The van der Waals surface area contributed by atoms with Crippen molar-refractivity contribution >= 4 is 23.2 Å². The predicted molar refractivity (Wildman–Crippen MR) is 82.9 cm³/mol. The Kier molecular flexibility index (Phi) is 5.57. The van der Waals surface area contributed by atoms with Crippen LogP contribution in [0.5, 0.6) is 0 Å². The van der Waals surface area contributed by atoms with Crippen LogP contribution in [0.1, 0.15) is 24.1 Å². The summed E-state index contributed by atoms with van der Waals surface area (Å²) >= 11 is 11.9. The SMILES string of the molecule is CCNC(Cc1cc(F)ccc1Cl)c1ccc(F)c(Cl)c1. The van der Waals surface area contributed by atoms with Gasteiger partial charge in [-0.15, -0.1) is 0 Å². The van der Waals surface area contributed by atoms with Gasteiger partial charge < -0.3 is 5.32 Å². The van der Waals surface area contributed by atoms with Crippen molar-refractivity contribution in [3.05, 3.63) is 69.2 Å². The van der Waals surface area contributed by atoms with Gasteiger partial charge in [-0.05, 0) is 54.4 Å². The van der Waals surface area contributed by atoms with Crippen LogP contribution in [0.15, 0.2) is 36.4 Å². The lowest BCUT2D eigenvalue weighted by molar-refractivity contribution is 0.544. The summed E-state index contributed by atoms with van der Waals surface area (Å²) in [7, 11) is 0. The highest BCUT2D eigenvalue weighted by atomic mass is 35.5. The summed E-state index contributed by atoms with van der Waals surface area (Å²) in [6, 6.07) is 8.73. The third-order valence-electron chi connectivity index (χ3n) is 3.23. The topological polar surface area (TPSA) is 12.0 Å². The molecule has 112 valence electrons. The summed E-state index contributed by atoms with van der Waals surface area (Å²) in [5.41, 5.74) is 1.53. The lowest BCUT2D eigenvalue weighted by atomic mass is 9.98. The van der Waals surface area contributed by atoms with E-state index in [0.717, 1.165) is 5.56 Å². The average molecular weight is 330 g/mol. The molecule has 0 bridgehead atoms. The summed E-state index contributed by atoms with van der Waals surface area (Å²) in [6.45, 7) is 2.68. The van der Waals surface area contributed by atoms with E-state index in [1.807, 2.05) is 6.92 Å². The number of likely N-dealkylation sites (N-methyl/N-ethyl adjacent to an activating group) is 1. The van der Waals surface area contributed by atoms with Gasteiger partial charge >= 0.3 is 0 Å². The molecule has 1 atom stereocenters. The first-order chi connectivity index (χ1) is 10.0. The normalized spacial score (nSPS) is 12.4. The van der Waals surface area contributed by atoms with Gasteiger partial charge in [-0.1, -0.05) is 36.2 Å². The highest BCUT2D eigenvalue weighted by Gasteiger charge is 2.15. The van der Waals surface area contributed by atoms with Crippen LogP contribution in [0.25, 0.3) is 0 Å². The molecule has 0 aliphatic rings. The second-order valence-electron chi connectivity index (χ2n) is 4.72. The number of hydrogen-bond acceptors (Lipinski definition) is 1. The van der Waals surface area contributed by atoms with Gasteiger partial charge in [0.1, 0.15) is 11.6 Å². The Hall–Kier alpha value is -1.16. The Balaban J connectivity index is 2.30. The molecule has 2 aromatic rings. The fraction of sp³-hybridized carbons (Fsp3) is 0.250. The molecule has 1 N–H and O–H groups in total. The molecular weight excluding hydrogens is 315 g/mol. The molecule has 1 unspecified atom stereocenters. The van der Waals surface area contributed by atoms with E-state index in [4.69, 9.17) is 23.2 Å². The second kappa shape index (κ2) is 7.21. The molecule has 2 aromatic carbocycles. The standard InChI is InChI=1S/C16H15Cl2F2N/c1-2-21-16(10-3-6-15(20)14(18)8-10)9-11-7-12(19)4-5-13(11)17/h3-8,16,21H,2,9H2,1H3. The lowest BCUT2D eigenvalue weighted by Crippen LogP contribution is -2.23. The minimum atomic E-state index is -0.459. The minimum Gasteiger partial charge on any atom is -0.310 e. The van der Waals surface area contributed by atoms with Gasteiger partial charge in [0.25, 0.3) is 0 Å². The number of nitrogens with one attached hydrogen (secondary N) is 1. The van der Waals surface area contributed by atoms with Crippen LogP contribution in [0, 0.1) is 11.6 Å². The number of rotatable bonds is 5. The molecule has 0 saturated carbocycles. The van der Waals surface area contributed by atoms with Crippen molar-refractivity contribution in [3.63, 3.8) is 0 Å². The molecular formula is C16H15Cl2F2N. The van der Waals surface area contributed by atoms with Crippen LogP contribution < -0.4 is 5.32 Å².